The predicted octanol–water partition coefficient (Wildman–Crippen LogP) is 18.5. The number of hydrogen-bond donors (Lipinski definition) is 0. The number of carbonyl (C=O) groups excluding carboxylic acids is 2. The number of hydrogen-bond acceptors (Lipinski definition) is 8. The third-order valence-corrected chi connectivity index (χ3v) is 13.4. The van der Waals surface area contributed by atoms with Gasteiger partial charge in [0.1, 0.15) is 23.0 Å². The Bertz CT molecular complexity index is 2680. The summed E-state index contributed by atoms with van der Waals surface area (Å²) in [6.07, 6.45) is 29.8. The minimum absolute atomic E-state index is 0.248. The molecule has 0 aliphatic heterocycles. The zero-order chi connectivity index (χ0) is 51.4. The molecule has 0 saturated carbocycles. The Morgan fingerprint density at radius 2 is 0.716 bits per heavy atom. The number of esters is 2. The summed E-state index contributed by atoms with van der Waals surface area (Å²) < 4.78 is 23.5. The molecular formula is C66H76N2O6. The number of nitrogens with zero attached hydrogens (tertiary/aromatic N) is 2. The lowest BCUT2D eigenvalue weighted by Gasteiger charge is -2.08. The van der Waals surface area contributed by atoms with E-state index in [9.17, 15) is 9.59 Å². The highest BCUT2D eigenvalue weighted by Gasteiger charge is 2.13. The number of benzene rings is 7. The number of carbonyl (C=O) groups is 2. The summed E-state index contributed by atoms with van der Waals surface area (Å²) in [4.78, 5) is 35.5. The molecule has 0 fully saturated rings. The van der Waals surface area contributed by atoms with Crippen molar-refractivity contribution in [3.05, 3.63) is 168 Å². The number of rotatable bonds is 32. The van der Waals surface area contributed by atoms with Crippen molar-refractivity contribution in [1.29, 1.82) is 0 Å². The average molecular weight is 993 g/mol. The molecule has 0 N–H and O–H groups in total. The van der Waals surface area contributed by atoms with Crippen molar-refractivity contribution in [3.8, 4) is 23.0 Å². The molecule has 0 atom stereocenters. The molecule has 8 heteroatoms. The minimum atomic E-state index is -0.543. The van der Waals surface area contributed by atoms with Crippen LogP contribution in [0.2, 0.25) is 0 Å². The highest BCUT2D eigenvalue weighted by molar-refractivity contribution is 5.95. The monoisotopic (exact) mass is 993 g/mol. The normalized spacial score (nSPS) is 11.5. The fourth-order valence-electron chi connectivity index (χ4n) is 8.98. The van der Waals surface area contributed by atoms with Gasteiger partial charge in [0.25, 0.3) is 0 Å². The highest BCUT2D eigenvalue weighted by Crippen LogP contribution is 2.27. The molecule has 0 aromatic heterocycles. The Kier molecular flexibility index (Phi) is 22.8. The smallest absolute Gasteiger partial charge is 0.343 e. The van der Waals surface area contributed by atoms with Gasteiger partial charge in [-0.15, -0.1) is 0 Å². The molecule has 0 heterocycles. The Balaban J connectivity index is 0.807. The van der Waals surface area contributed by atoms with Gasteiger partial charge >= 0.3 is 11.9 Å². The second kappa shape index (κ2) is 30.9. The van der Waals surface area contributed by atoms with E-state index >= 15 is 0 Å². The van der Waals surface area contributed by atoms with Crippen molar-refractivity contribution in [3.63, 3.8) is 0 Å². The van der Waals surface area contributed by atoms with Gasteiger partial charge < -0.3 is 18.9 Å². The summed E-state index contributed by atoms with van der Waals surface area (Å²) in [7, 11) is 0. The molecule has 0 unspecified atom stereocenters. The summed E-state index contributed by atoms with van der Waals surface area (Å²) in [5.74, 6) is 1.21. The van der Waals surface area contributed by atoms with Crippen LogP contribution in [0.25, 0.3) is 21.5 Å². The van der Waals surface area contributed by atoms with Crippen molar-refractivity contribution in [2.75, 3.05) is 13.2 Å². The van der Waals surface area contributed by atoms with Crippen molar-refractivity contribution >= 4 is 57.3 Å². The van der Waals surface area contributed by atoms with Crippen LogP contribution in [0.15, 0.2) is 156 Å². The SMILES string of the molecule is CCCCCCCCCCCCOc1ccc2cc(C=Nc3ccc(C(=O)Oc4cccc(OC(=O)c5ccc(N=Cc6ccc7cc(OCCCCCCCCCCCC)ccc7c6)cc5)c4)cc3)ccc2c1. The van der Waals surface area contributed by atoms with Gasteiger partial charge in [-0.2, -0.15) is 0 Å². The van der Waals surface area contributed by atoms with Gasteiger partial charge in [0.15, 0.2) is 0 Å². The van der Waals surface area contributed by atoms with Crippen molar-refractivity contribution < 1.29 is 28.5 Å². The Morgan fingerprint density at radius 3 is 1.11 bits per heavy atom. The van der Waals surface area contributed by atoms with Gasteiger partial charge in [-0.3, -0.25) is 9.98 Å². The molecule has 0 radical (unpaired) electrons. The van der Waals surface area contributed by atoms with E-state index in [0.29, 0.717) is 22.5 Å². The summed E-state index contributed by atoms with van der Waals surface area (Å²) in [5.41, 5.74) is 4.06. The van der Waals surface area contributed by atoms with Crippen LogP contribution >= 0.6 is 0 Å². The molecule has 0 amide bonds. The van der Waals surface area contributed by atoms with Crippen molar-refractivity contribution in [2.24, 2.45) is 9.98 Å². The van der Waals surface area contributed by atoms with E-state index in [1.165, 1.54) is 122 Å². The zero-order valence-electron chi connectivity index (χ0n) is 43.9. The summed E-state index contributed by atoms with van der Waals surface area (Å²) in [5, 5.41) is 4.46. The fraction of sp³-hybridized carbons (Fsp3) is 0.364. The van der Waals surface area contributed by atoms with Crippen LogP contribution in [0.1, 0.15) is 174 Å². The van der Waals surface area contributed by atoms with Gasteiger partial charge in [-0.05, 0) is 143 Å². The first-order valence-electron chi connectivity index (χ1n) is 27.6. The van der Waals surface area contributed by atoms with E-state index in [2.05, 4.69) is 72.4 Å². The van der Waals surface area contributed by atoms with E-state index in [4.69, 9.17) is 18.9 Å². The predicted molar refractivity (Wildman–Crippen MR) is 306 cm³/mol. The lowest BCUT2D eigenvalue weighted by molar-refractivity contribution is 0.0732. The number of unbranched alkanes of at least 4 members (excludes halogenated alkanes) is 18. The Hall–Kier alpha value is -7.06. The van der Waals surface area contributed by atoms with E-state index in [1.807, 2.05) is 36.7 Å². The molecule has 7 aromatic rings. The van der Waals surface area contributed by atoms with Crippen molar-refractivity contribution in [1.82, 2.24) is 0 Å². The quantitative estimate of drug-likeness (QED) is 0.0181. The first-order chi connectivity index (χ1) is 36.4. The van der Waals surface area contributed by atoms with Crippen LogP contribution in [0.5, 0.6) is 23.0 Å². The third-order valence-electron chi connectivity index (χ3n) is 13.4. The van der Waals surface area contributed by atoms with Gasteiger partial charge in [0.05, 0.1) is 35.7 Å². The van der Waals surface area contributed by atoms with Crippen LogP contribution in [-0.2, 0) is 0 Å². The van der Waals surface area contributed by atoms with Crippen LogP contribution in [0.3, 0.4) is 0 Å². The average Bonchev–Trinajstić information content (AvgIpc) is 3.43. The molecule has 7 rings (SSSR count). The standard InChI is InChI=1S/C66H76N2O6/c1-3-5-7-9-11-13-15-17-19-21-42-71-61-40-34-55-44-51(26-28-57(55)46-61)49-67-59-36-30-53(31-37-59)65(69)73-63-24-23-25-64(48-63)74-66(70)54-32-38-60(39-33-54)68-50-52-27-29-58-47-62(41-35-56(58)45-52)72-43-22-20-18-16-14-12-10-8-6-4-2/h23-41,44-50H,3-22,42-43H2,1-2H3. The molecule has 0 saturated heterocycles. The Labute approximate surface area is 440 Å². The number of fused-ring (bicyclic) bond motifs is 2. The fourth-order valence-corrected chi connectivity index (χ4v) is 8.98. The number of ether oxygens (including phenoxy) is 4. The van der Waals surface area contributed by atoms with Gasteiger partial charge in [0.2, 0.25) is 0 Å². The zero-order valence-corrected chi connectivity index (χ0v) is 43.9. The molecule has 7 aromatic carbocycles. The molecule has 0 bridgehead atoms. The van der Waals surface area contributed by atoms with Crippen LogP contribution in [-0.4, -0.2) is 37.6 Å². The van der Waals surface area contributed by atoms with E-state index < -0.39 is 11.9 Å². The maximum absolute atomic E-state index is 13.1. The second-order valence-corrected chi connectivity index (χ2v) is 19.5. The first-order valence-corrected chi connectivity index (χ1v) is 27.6. The third kappa shape index (κ3) is 18.8. The molecule has 0 aliphatic carbocycles. The van der Waals surface area contributed by atoms with Gasteiger partial charge in [0, 0.05) is 18.5 Å². The van der Waals surface area contributed by atoms with E-state index in [-0.39, 0.29) is 11.5 Å². The van der Waals surface area contributed by atoms with E-state index in [0.717, 1.165) is 70.2 Å². The maximum atomic E-state index is 13.1. The maximum Gasteiger partial charge on any atom is 0.343 e. The topological polar surface area (TPSA) is 95.8 Å². The lowest BCUT2D eigenvalue weighted by Crippen LogP contribution is -2.10. The highest BCUT2D eigenvalue weighted by atomic mass is 16.5. The van der Waals surface area contributed by atoms with Gasteiger partial charge in [-0.25, -0.2) is 9.59 Å². The van der Waals surface area contributed by atoms with Crippen LogP contribution in [0.4, 0.5) is 11.4 Å². The lowest BCUT2D eigenvalue weighted by atomic mass is 10.1. The van der Waals surface area contributed by atoms with Crippen LogP contribution < -0.4 is 18.9 Å². The molecular weight excluding hydrogens is 917 g/mol. The van der Waals surface area contributed by atoms with Crippen LogP contribution in [0, 0.1) is 0 Å². The number of aliphatic imine (C=N–C) groups is 2. The summed E-state index contributed by atoms with van der Waals surface area (Å²) in [6.45, 7) is 6.02. The molecule has 386 valence electrons. The summed E-state index contributed by atoms with van der Waals surface area (Å²) in [6, 6.07) is 45.2. The largest absolute Gasteiger partial charge is 0.494 e. The second-order valence-electron chi connectivity index (χ2n) is 19.5. The molecule has 74 heavy (non-hydrogen) atoms. The minimum Gasteiger partial charge on any atom is -0.494 e. The molecule has 0 spiro atoms. The first kappa shape index (κ1) is 54.7. The molecule has 0 aliphatic rings. The summed E-state index contributed by atoms with van der Waals surface area (Å²) >= 11 is 0. The van der Waals surface area contributed by atoms with E-state index in [1.54, 1.807) is 66.7 Å². The van der Waals surface area contributed by atoms with Crippen molar-refractivity contribution in [2.45, 2.75) is 142 Å². The Morgan fingerprint density at radius 1 is 0.365 bits per heavy atom. The van der Waals surface area contributed by atoms with Gasteiger partial charge in [-0.1, -0.05) is 172 Å². The molecule has 8 nitrogen and oxygen atoms in total.